The molecule has 25 heavy (non-hydrogen) atoms. The second-order valence-corrected chi connectivity index (χ2v) is 7.58. The van der Waals surface area contributed by atoms with Crippen molar-refractivity contribution in [2.24, 2.45) is 0 Å². The van der Waals surface area contributed by atoms with E-state index in [2.05, 4.69) is 4.72 Å². The lowest BCUT2D eigenvalue weighted by molar-refractivity contribution is -0.141. The number of carbonyl (C=O) groups is 1. The van der Waals surface area contributed by atoms with Crippen LogP contribution >= 0.6 is 0 Å². The van der Waals surface area contributed by atoms with Crippen molar-refractivity contribution in [3.05, 3.63) is 23.8 Å². The van der Waals surface area contributed by atoms with Crippen LogP contribution in [0.4, 0.5) is 0 Å². The Bertz CT molecular complexity index is 698. The van der Waals surface area contributed by atoms with E-state index in [-0.39, 0.29) is 13.0 Å². The third-order valence-corrected chi connectivity index (χ3v) is 5.91. The van der Waals surface area contributed by atoms with Crippen LogP contribution < -0.4 is 14.2 Å². The van der Waals surface area contributed by atoms with Crippen LogP contribution in [0.5, 0.6) is 11.5 Å². The molecule has 0 aromatic heterocycles. The normalized spacial score (nSPS) is 18.6. The number of hydrogen-bond acceptors (Lipinski definition) is 7. The molecule has 1 N–H and O–H groups in total. The lowest BCUT2D eigenvalue weighted by Crippen LogP contribution is -2.38. The summed E-state index contributed by atoms with van der Waals surface area (Å²) < 4.78 is 48.1. The SMILES string of the molecule is COC(=O)CC(NS(=O)(=O)C1CCOC1)c1ccc(OC)cc1OC. The van der Waals surface area contributed by atoms with Crippen molar-refractivity contribution < 1.29 is 32.2 Å². The Balaban J connectivity index is 2.34. The minimum atomic E-state index is -3.67. The molecule has 8 nitrogen and oxygen atoms in total. The molecule has 0 bridgehead atoms. The van der Waals surface area contributed by atoms with Gasteiger partial charge in [-0.2, -0.15) is 0 Å². The lowest BCUT2D eigenvalue weighted by Gasteiger charge is -2.22. The third kappa shape index (κ3) is 4.83. The van der Waals surface area contributed by atoms with Gasteiger partial charge in [-0.1, -0.05) is 6.07 Å². The number of carbonyl (C=O) groups excluding carboxylic acids is 1. The first-order valence-corrected chi connectivity index (χ1v) is 9.33. The number of nitrogens with one attached hydrogen (secondary N) is 1. The predicted molar refractivity (Wildman–Crippen MR) is 90.2 cm³/mol. The fourth-order valence-corrected chi connectivity index (χ4v) is 4.10. The molecule has 0 amide bonds. The maximum atomic E-state index is 12.6. The van der Waals surface area contributed by atoms with E-state index in [0.717, 1.165) is 0 Å². The monoisotopic (exact) mass is 373 g/mol. The highest BCUT2D eigenvalue weighted by Crippen LogP contribution is 2.32. The fourth-order valence-electron chi connectivity index (χ4n) is 2.62. The number of ether oxygens (including phenoxy) is 4. The summed E-state index contributed by atoms with van der Waals surface area (Å²) in [5.41, 5.74) is 0.524. The molecule has 1 aliphatic heterocycles. The maximum absolute atomic E-state index is 12.6. The minimum absolute atomic E-state index is 0.139. The van der Waals surface area contributed by atoms with Gasteiger partial charge in [0.05, 0.1) is 40.4 Å². The van der Waals surface area contributed by atoms with E-state index < -0.39 is 27.3 Å². The molecule has 0 saturated carbocycles. The van der Waals surface area contributed by atoms with Crippen LogP contribution in [0.15, 0.2) is 18.2 Å². The zero-order chi connectivity index (χ0) is 18.4. The average Bonchev–Trinajstić information content (AvgIpc) is 3.15. The second-order valence-electron chi connectivity index (χ2n) is 5.59. The molecule has 9 heteroatoms. The standard InChI is InChI=1S/C16H23NO7S/c1-21-11-4-5-13(15(8-11)22-2)14(9-16(18)23-3)17-25(19,20)12-6-7-24-10-12/h4-5,8,12,14,17H,6-7,9-10H2,1-3H3. The lowest BCUT2D eigenvalue weighted by atomic mass is 10.0. The Morgan fingerprint density at radius 3 is 2.64 bits per heavy atom. The summed E-state index contributed by atoms with van der Waals surface area (Å²) >= 11 is 0. The van der Waals surface area contributed by atoms with E-state index in [1.165, 1.54) is 21.3 Å². The molecule has 1 aromatic rings. The van der Waals surface area contributed by atoms with E-state index in [1.807, 2.05) is 0 Å². The first-order valence-electron chi connectivity index (χ1n) is 7.79. The Kier molecular flexibility index (Phi) is 6.63. The van der Waals surface area contributed by atoms with Gasteiger partial charge < -0.3 is 18.9 Å². The van der Waals surface area contributed by atoms with Crippen molar-refractivity contribution in [1.82, 2.24) is 4.72 Å². The first kappa shape index (κ1) is 19.5. The number of rotatable bonds is 8. The van der Waals surface area contributed by atoms with Gasteiger partial charge in [-0.25, -0.2) is 13.1 Å². The number of hydrogen-bond donors (Lipinski definition) is 1. The number of esters is 1. The van der Waals surface area contributed by atoms with Gasteiger partial charge in [-0.05, 0) is 12.5 Å². The van der Waals surface area contributed by atoms with E-state index in [9.17, 15) is 13.2 Å². The molecule has 2 rings (SSSR count). The van der Waals surface area contributed by atoms with E-state index in [0.29, 0.717) is 30.1 Å². The molecule has 1 fully saturated rings. The minimum Gasteiger partial charge on any atom is -0.497 e. The summed E-state index contributed by atoms with van der Waals surface area (Å²) in [5.74, 6) is 0.441. The molecule has 0 radical (unpaired) electrons. The molecule has 1 saturated heterocycles. The van der Waals surface area contributed by atoms with Crippen molar-refractivity contribution in [3.63, 3.8) is 0 Å². The molecule has 2 unspecified atom stereocenters. The second kappa shape index (κ2) is 8.50. The molecular formula is C16H23NO7S. The number of methoxy groups -OCH3 is 3. The maximum Gasteiger partial charge on any atom is 0.307 e. The highest BCUT2D eigenvalue weighted by molar-refractivity contribution is 7.90. The summed E-state index contributed by atoms with van der Waals surface area (Å²) in [4.78, 5) is 11.8. The van der Waals surface area contributed by atoms with Crippen LogP contribution in [0, 0.1) is 0 Å². The molecule has 1 heterocycles. The van der Waals surface area contributed by atoms with E-state index in [1.54, 1.807) is 18.2 Å². The molecule has 140 valence electrons. The van der Waals surface area contributed by atoms with Crippen molar-refractivity contribution in [1.29, 1.82) is 0 Å². The van der Waals surface area contributed by atoms with Crippen LogP contribution in [-0.2, 0) is 24.3 Å². The summed E-state index contributed by atoms with van der Waals surface area (Å²) in [5, 5.41) is -0.642. The largest absolute Gasteiger partial charge is 0.497 e. The van der Waals surface area contributed by atoms with Crippen LogP contribution in [-0.4, -0.2) is 54.2 Å². The Morgan fingerprint density at radius 2 is 2.08 bits per heavy atom. The van der Waals surface area contributed by atoms with Crippen LogP contribution in [0.3, 0.4) is 0 Å². The van der Waals surface area contributed by atoms with Crippen molar-refractivity contribution in [2.75, 3.05) is 34.5 Å². The predicted octanol–water partition coefficient (Wildman–Crippen LogP) is 1.02. The zero-order valence-corrected chi connectivity index (χ0v) is 15.3. The number of sulfonamides is 1. The molecule has 1 aliphatic rings. The van der Waals surface area contributed by atoms with Gasteiger partial charge in [0.15, 0.2) is 0 Å². The number of benzene rings is 1. The highest BCUT2D eigenvalue weighted by atomic mass is 32.2. The first-order chi connectivity index (χ1) is 11.9. The van der Waals surface area contributed by atoms with Gasteiger partial charge in [0.2, 0.25) is 10.0 Å². The summed E-state index contributed by atoms with van der Waals surface area (Å²) in [7, 11) is 0.565. The molecule has 0 spiro atoms. The van der Waals surface area contributed by atoms with Gasteiger partial charge in [-0.15, -0.1) is 0 Å². The van der Waals surface area contributed by atoms with Gasteiger partial charge in [0, 0.05) is 18.2 Å². The van der Waals surface area contributed by atoms with E-state index >= 15 is 0 Å². The van der Waals surface area contributed by atoms with Crippen molar-refractivity contribution in [3.8, 4) is 11.5 Å². The summed E-state index contributed by atoms with van der Waals surface area (Å²) in [6.07, 6.45) is 0.256. The van der Waals surface area contributed by atoms with Crippen LogP contribution in [0.1, 0.15) is 24.4 Å². The molecule has 2 atom stereocenters. The van der Waals surface area contributed by atoms with Gasteiger partial charge >= 0.3 is 5.97 Å². The Hall–Kier alpha value is -1.84. The highest BCUT2D eigenvalue weighted by Gasteiger charge is 2.33. The third-order valence-electron chi connectivity index (χ3n) is 4.05. The van der Waals surface area contributed by atoms with E-state index in [4.69, 9.17) is 18.9 Å². The average molecular weight is 373 g/mol. The smallest absolute Gasteiger partial charge is 0.307 e. The van der Waals surface area contributed by atoms with Crippen LogP contribution in [0.25, 0.3) is 0 Å². The fraction of sp³-hybridized carbons (Fsp3) is 0.562. The zero-order valence-electron chi connectivity index (χ0n) is 14.5. The Morgan fingerprint density at radius 1 is 1.32 bits per heavy atom. The summed E-state index contributed by atoms with van der Waals surface area (Å²) in [6, 6.07) is 4.15. The van der Waals surface area contributed by atoms with Gasteiger partial charge in [0.1, 0.15) is 16.7 Å². The molecule has 0 aliphatic carbocycles. The van der Waals surface area contributed by atoms with Crippen LogP contribution in [0.2, 0.25) is 0 Å². The Labute approximate surface area is 147 Å². The van der Waals surface area contributed by atoms with Crippen molar-refractivity contribution >= 4 is 16.0 Å². The molecule has 1 aromatic carbocycles. The van der Waals surface area contributed by atoms with Gasteiger partial charge in [-0.3, -0.25) is 4.79 Å². The van der Waals surface area contributed by atoms with Gasteiger partial charge in [0.25, 0.3) is 0 Å². The van der Waals surface area contributed by atoms with Crippen molar-refractivity contribution in [2.45, 2.75) is 24.1 Å². The summed E-state index contributed by atoms with van der Waals surface area (Å²) in [6.45, 7) is 0.541. The molecular weight excluding hydrogens is 350 g/mol. The quantitative estimate of drug-likeness (QED) is 0.679. The topological polar surface area (TPSA) is 100 Å².